The van der Waals surface area contributed by atoms with E-state index in [0.717, 1.165) is 5.56 Å². The molecule has 8 heteroatoms. The first-order valence-electron chi connectivity index (χ1n) is 11.0. The van der Waals surface area contributed by atoms with Crippen molar-refractivity contribution in [2.75, 3.05) is 32.1 Å². The lowest BCUT2D eigenvalue weighted by molar-refractivity contribution is -0.120. The van der Waals surface area contributed by atoms with Crippen LogP contribution >= 0.6 is 0 Å². The first-order valence-corrected chi connectivity index (χ1v) is 12.4. The Bertz CT molecular complexity index is 1050. The molecule has 1 N–H and O–H groups in total. The van der Waals surface area contributed by atoms with Crippen LogP contribution < -0.4 is 14.8 Å². The van der Waals surface area contributed by atoms with Crippen LogP contribution in [-0.2, 0) is 14.8 Å². The van der Waals surface area contributed by atoms with E-state index in [1.54, 1.807) is 24.3 Å². The number of amides is 1. The van der Waals surface area contributed by atoms with E-state index in [1.165, 1.54) is 11.4 Å². The molecule has 1 heterocycles. The lowest BCUT2D eigenvalue weighted by atomic mass is 9.98. The summed E-state index contributed by atoms with van der Waals surface area (Å²) in [5, 5.41) is 2.91. The first kappa shape index (κ1) is 24.1. The molecule has 0 bridgehead atoms. The molecule has 1 fully saturated rings. The Hall–Kier alpha value is -2.58. The first-order chi connectivity index (χ1) is 15.3. The fourth-order valence-corrected chi connectivity index (χ4v) is 5.57. The third kappa shape index (κ3) is 5.24. The van der Waals surface area contributed by atoms with Gasteiger partial charge in [0.15, 0.2) is 0 Å². The summed E-state index contributed by atoms with van der Waals surface area (Å²) < 4.78 is 39.3. The molecule has 0 spiro atoms. The third-order valence-electron chi connectivity index (χ3n) is 5.67. The molecule has 1 amide bonds. The number of para-hydroxylation sites is 2. The molecule has 0 unspecified atom stereocenters. The van der Waals surface area contributed by atoms with Gasteiger partial charge in [0, 0.05) is 13.1 Å². The van der Waals surface area contributed by atoms with Gasteiger partial charge in [-0.1, -0.05) is 32.0 Å². The van der Waals surface area contributed by atoms with Crippen LogP contribution in [0.2, 0.25) is 0 Å². The predicted molar refractivity (Wildman–Crippen MR) is 125 cm³/mol. The average molecular weight is 461 g/mol. The number of nitrogens with zero attached hydrogens (tertiary/aromatic N) is 1. The quantitative estimate of drug-likeness (QED) is 0.636. The Morgan fingerprint density at radius 1 is 1.19 bits per heavy atom. The van der Waals surface area contributed by atoms with Crippen LogP contribution in [0.25, 0.3) is 0 Å². The summed E-state index contributed by atoms with van der Waals surface area (Å²) in [6.45, 7) is 6.89. The second kappa shape index (κ2) is 10.4. The third-order valence-corrected chi connectivity index (χ3v) is 7.56. The van der Waals surface area contributed by atoms with Gasteiger partial charge in [-0.15, -0.1) is 0 Å². The number of methoxy groups -OCH3 is 1. The maximum absolute atomic E-state index is 13.5. The van der Waals surface area contributed by atoms with Gasteiger partial charge in [-0.3, -0.25) is 4.79 Å². The fourth-order valence-electron chi connectivity index (χ4n) is 3.85. The van der Waals surface area contributed by atoms with Gasteiger partial charge in [-0.2, -0.15) is 4.31 Å². The predicted octanol–water partition coefficient (Wildman–Crippen LogP) is 4.26. The summed E-state index contributed by atoms with van der Waals surface area (Å²) in [4.78, 5) is 13.1. The van der Waals surface area contributed by atoms with Crippen molar-refractivity contribution in [3.63, 3.8) is 0 Å². The number of rotatable bonds is 8. The Labute approximate surface area is 190 Å². The number of carbonyl (C=O) groups is 1. The van der Waals surface area contributed by atoms with Crippen LogP contribution in [0.4, 0.5) is 5.69 Å². The highest BCUT2D eigenvalue weighted by molar-refractivity contribution is 7.89. The average Bonchev–Trinajstić information content (AvgIpc) is 2.80. The molecule has 174 valence electrons. The summed E-state index contributed by atoms with van der Waals surface area (Å²) in [6.07, 6.45) is 1.23. The summed E-state index contributed by atoms with van der Waals surface area (Å²) in [6, 6.07) is 12.5. The monoisotopic (exact) mass is 460 g/mol. The molecule has 32 heavy (non-hydrogen) atoms. The number of carbonyl (C=O) groups excluding carboxylic acids is 1. The van der Waals surface area contributed by atoms with Gasteiger partial charge in [0.2, 0.25) is 15.9 Å². The molecule has 2 aromatic carbocycles. The van der Waals surface area contributed by atoms with Crippen molar-refractivity contribution >= 4 is 21.6 Å². The molecule has 0 aliphatic carbocycles. The van der Waals surface area contributed by atoms with Gasteiger partial charge in [0.05, 0.1) is 25.3 Å². The molecule has 7 nitrogen and oxygen atoms in total. The summed E-state index contributed by atoms with van der Waals surface area (Å²) in [7, 11) is -2.35. The van der Waals surface area contributed by atoms with Crippen LogP contribution in [0.5, 0.6) is 11.5 Å². The van der Waals surface area contributed by atoms with E-state index in [1.807, 2.05) is 39.0 Å². The summed E-state index contributed by atoms with van der Waals surface area (Å²) in [5.41, 5.74) is 1.51. The molecule has 3 rings (SSSR count). The van der Waals surface area contributed by atoms with Gasteiger partial charge >= 0.3 is 0 Å². The number of hydrogen-bond donors (Lipinski definition) is 1. The fraction of sp³-hybridized carbons (Fsp3) is 0.458. The van der Waals surface area contributed by atoms with Gasteiger partial charge in [-0.25, -0.2) is 8.42 Å². The van der Waals surface area contributed by atoms with Crippen molar-refractivity contribution in [3.05, 3.63) is 48.0 Å². The second-order valence-electron chi connectivity index (χ2n) is 8.19. The molecule has 0 aromatic heterocycles. The minimum absolute atomic E-state index is 0.125. The molecule has 1 atom stereocenters. The van der Waals surface area contributed by atoms with Crippen LogP contribution in [0.3, 0.4) is 0 Å². The number of sulfonamides is 1. The van der Waals surface area contributed by atoms with E-state index in [9.17, 15) is 13.2 Å². The van der Waals surface area contributed by atoms with Crippen molar-refractivity contribution < 1.29 is 22.7 Å². The number of benzene rings is 2. The number of anilines is 1. The zero-order chi connectivity index (χ0) is 23.3. The second-order valence-corrected chi connectivity index (χ2v) is 10.1. The van der Waals surface area contributed by atoms with Gasteiger partial charge in [-0.05, 0) is 55.5 Å². The SMILES string of the molecule is CCOc1ccccc1NC(=O)[C@H]1CCCN(S(=O)(=O)c2cc(C(C)C)ccc2OC)C1. The van der Waals surface area contributed by atoms with Gasteiger partial charge in [0.1, 0.15) is 16.4 Å². The summed E-state index contributed by atoms with van der Waals surface area (Å²) >= 11 is 0. The molecule has 1 saturated heterocycles. The van der Waals surface area contributed by atoms with E-state index in [2.05, 4.69) is 5.32 Å². The van der Waals surface area contributed by atoms with Crippen molar-refractivity contribution in [1.82, 2.24) is 4.31 Å². The minimum Gasteiger partial charge on any atom is -0.495 e. The number of hydrogen-bond acceptors (Lipinski definition) is 5. The van der Waals surface area contributed by atoms with Crippen LogP contribution in [0, 0.1) is 5.92 Å². The van der Waals surface area contributed by atoms with Crippen molar-refractivity contribution in [1.29, 1.82) is 0 Å². The highest BCUT2D eigenvalue weighted by atomic mass is 32.2. The van der Waals surface area contributed by atoms with Crippen LogP contribution in [-0.4, -0.2) is 45.4 Å². The highest BCUT2D eigenvalue weighted by Crippen LogP contribution is 2.33. The van der Waals surface area contributed by atoms with Crippen LogP contribution in [0.15, 0.2) is 47.4 Å². The van der Waals surface area contributed by atoms with E-state index >= 15 is 0 Å². The molecule has 0 saturated carbocycles. The smallest absolute Gasteiger partial charge is 0.246 e. The Balaban J connectivity index is 1.81. The van der Waals surface area contributed by atoms with E-state index < -0.39 is 15.9 Å². The van der Waals surface area contributed by atoms with E-state index in [4.69, 9.17) is 9.47 Å². The van der Waals surface area contributed by atoms with Crippen molar-refractivity contribution in [2.24, 2.45) is 5.92 Å². The zero-order valence-electron chi connectivity index (χ0n) is 19.1. The van der Waals surface area contributed by atoms with Crippen molar-refractivity contribution in [3.8, 4) is 11.5 Å². The largest absolute Gasteiger partial charge is 0.495 e. The van der Waals surface area contributed by atoms with E-state index in [-0.39, 0.29) is 23.3 Å². The molecule has 0 radical (unpaired) electrons. The van der Waals surface area contributed by atoms with Gasteiger partial charge < -0.3 is 14.8 Å². The number of ether oxygens (including phenoxy) is 2. The highest BCUT2D eigenvalue weighted by Gasteiger charge is 2.35. The van der Waals surface area contributed by atoms with Crippen LogP contribution in [0.1, 0.15) is 45.1 Å². The summed E-state index contributed by atoms with van der Waals surface area (Å²) in [5.74, 6) is 0.429. The Morgan fingerprint density at radius 2 is 1.94 bits per heavy atom. The molecular formula is C24H32N2O5S. The topological polar surface area (TPSA) is 84.9 Å². The standard InChI is InChI=1S/C24H32N2O5S/c1-5-31-21-11-7-6-10-20(21)25-24(27)19-9-8-14-26(16-19)32(28,29)23-15-18(17(2)3)12-13-22(23)30-4/h6-7,10-13,15,17,19H,5,8-9,14,16H2,1-4H3,(H,25,27)/t19-/m0/s1. The molecule has 2 aromatic rings. The maximum Gasteiger partial charge on any atom is 0.246 e. The van der Waals surface area contributed by atoms with E-state index in [0.29, 0.717) is 43.2 Å². The number of piperidine rings is 1. The zero-order valence-corrected chi connectivity index (χ0v) is 19.9. The Morgan fingerprint density at radius 3 is 2.62 bits per heavy atom. The van der Waals surface area contributed by atoms with Crippen molar-refractivity contribution in [2.45, 2.75) is 44.4 Å². The number of nitrogens with one attached hydrogen (secondary N) is 1. The molecule has 1 aliphatic heterocycles. The minimum atomic E-state index is -3.81. The Kier molecular flexibility index (Phi) is 7.79. The van der Waals surface area contributed by atoms with Gasteiger partial charge in [0.25, 0.3) is 0 Å². The lowest BCUT2D eigenvalue weighted by Crippen LogP contribution is -2.43. The lowest BCUT2D eigenvalue weighted by Gasteiger charge is -2.31. The maximum atomic E-state index is 13.5. The normalized spacial score (nSPS) is 17.2. The molecular weight excluding hydrogens is 428 g/mol. The molecule has 1 aliphatic rings.